The Kier molecular flexibility index (Phi) is 5.89. The van der Waals surface area contributed by atoms with E-state index >= 15 is 0 Å². The van der Waals surface area contributed by atoms with Crippen LogP contribution in [-0.2, 0) is 32.7 Å². The van der Waals surface area contributed by atoms with Gasteiger partial charge in [0.25, 0.3) is 10.0 Å². The van der Waals surface area contributed by atoms with Gasteiger partial charge in [0, 0.05) is 12.5 Å². The Labute approximate surface area is 178 Å². The van der Waals surface area contributed by atoms with Crippen molar-refractivity contribution in [1.29, 1.82) is 0 Å². The van der Waals surface area contributed by atoms with E-state index in [9.17, 15) is 48.3 Å². The highest BCUT2D eigenvalue weighted by atomic mass is 32.2. The molecule has 0 radical (unpaired) electrons. The van der Waals surface area contributed by atoms with E-state index < -0.39 is 60.7 Å². The van der Waals surface area contributed by atoms with E-state index in [0.717, 1.165) is 24.3 Å². The fraction of sp³-hybridized carbons (Fsp3) is 0.294. The van der Waals surface area contributed by atoms with Gasteiger partial charge < -0.3 is 9.29 Å². The first-order valence-corrected chi connectivity index (χ1v) is 11.4. The third kappa shape index (κ3) is 4.63. The zero-order chi connectivity index (χ0) is 24.1. The van der Waals surface area contributed by atoms with Crippen molar-refractivity contribution < 1.29 is 52.5 Å². The molecule has 2 aromatic carbocycles. The van der Waals surface area contributed by atoms with Crippen molar-refractivity contribution in [2.45, 2.75) is 29.1 Å². The molecule has 7 nitrogen and oxygen atoms in total. The van der Waals surface area contributed by atoms with Crippen molar-refractivity contribution in [3.63, 3.8) is 0 Å². The van der Waals surface area contributed by atoms with E-state index in [0.29, 0.717) is 22.5 Å². The molecule has 1 heterocycles. The Morgan fingerprint density at radius 3 is 2.22 bits per heavy atom. The molecule has 1 aliphatic heterocycles. The molecule has 15 heteroatoms. The van der Waals surface area contributed by atoms with Gasteiger partial charge in [0.05, 0.1) is 28.8 Å². The van der Waals surface area contributed by atoms with E-state index in [2.05, 4.69) is 4.18 Å². The molecule has 0 aromatic heterocycles. The molecule has 0 saturated carbocycles. The van der Waals surface area contributed by atoms with Gasteiger partial charge >= 0.3 is 21.8 Å². The Hall–Kier alpha value is -2.52. The molecule has 2 aromatic rings. The lowest BCUT2D eigenvalue weighted by molar-refractivity contribution is -0.137. The van der Waals surface area contributed by atoms with E-state index in [1.54, 1.807) is 0 Å². The summed E-state index contributed by atoms with van der Waals surface area (Å²) in [6, 6.07) is 5.31. The van der Waals surface area contributed by atoms with Gasteiger partial charge in [0.15, 0.2) is 0 Å². The van der Waals surface area contributed by atoms with E-state index in [1.807, 2.05) is 0 Å². The van der Waals surface area contributed by atoms with Crippen LogP contribution in [0.25, 0.3) is 0 Å². The second-order valence-corrected chi connectivity index (χ2v) is 10.1. The second kappa shape index (κ2) is 7.81. The van der Waals surface area contributed by atoms with Gasteiger partial charge in [-0.25, -0.2) is 8.42 Å². The predicted octanol–water partition coefficient (Wildman–Crippen LogP) is 3.05. The molecule has 32 heavy (non-hydrogen) atoms. The summed E-state index contributed by atoms with van der Waals surface area (Å²) in [6.07, 6.45) is -6.28. The molecule has 0 bridgehead atoms. The SMILES string of the molecule is O=S(=O)(c1cccc(C(F)(F)F)c1)N1C[C@H](O)Cc2ccc(OS(=O)(=O)C(F)(F)F)cc21. The molecule has 0 fully saturated rings. The second-order valence-electron chi connectivity index (χ2n) is 6.69. The molecule has 3 rings (SSSR count). The Balaban J connectivity index is 2.08. The molecule has 0 spiro atoms. The zero-order valence-corrected chi connectivity index (χ0v) is 17.2. The van der Waals surface area contributed by atoms with Crippen LogP contribution >= 0.6 is 0 Å². The first-order chi connectivity index (χ1) is 14.5. The lowest BCUT2D eigenvalue weighted by atomic mass is 10.0. The number of β-amino-alcohol motifs (C(OH)–C–C–N with tert-alkyl or cyclic N) is 1. The van der Waals surface area contributed by atoms with Crippen LogP contribution in [0.3, 0.4) is 0 Å². The molecule has 0 saturated heterocycles. The van der Waals surface area contributed by atoms with Crippen molar-refractivity contribution in [1.82, 2.24) is 0 Å². The maximum absolute atomic E-state index is 13.0. The van der Waals surface area contributed by atoms with Gasteiger partial charge in [-0.3, -0.25) is 4.31 Å². The largest absolute Gasteiger partial charge is 0.534 e. The van der Waals surface area contributed by atoms with Crippen molar-refractivity contribution in [3.05, 3.63) is 53.6 Å². The fourth-order valence-corrected chi connectivity index (χ4v) is 5.00. The lowest BCUT2D eigenvalue weighted by Gasteiger charge is -2.33. The van der Waals surface area contributed by atoms with Crippen molar-refractivity contribution in [2.75, 3.05) is 10.8 Å². The number of fused-ring (bicyclic) bond motifs is 1. The van der Waals surface area contributed by atoms with Crippen LogP contribution in [0.2, 0.25) is 0 Å². The van der Waals surface area contributed by atoms with E-state index in [1.165, 1.54) is 0 Å². The average molecular weight is 505 g/mol. The number of sulfonamides is 1. The highest BCUT2D eigenvalue weighted by Crippen LogP contribution is 2.37. The summed E-state index contributed by atoms with van der Waals surface area (Å²) in [5, 5.41) is 10.0. The number of benzene rings is 2. The van der Waals surface area contributed by atoms with E-state index in [-0.39, 0.29) is 17.7 Å². The van der Waals surface area contributed by atoms with Gasteiger partial charge in [0.1, 0.15) is 5.75 Å². The molecule has 0 amide bonds. The minimum Gasteiger partial charge on any atom is -0.391 e. The Morgan fingerprint density at radius 1 is 0.969 bits per heavy atom. The summed E-state index contributed by atoms with van der Waals surface area (Å²) in [7, 11) is -10.8. The number of aliphatic hydroxyl groups excluding tert-OH is 1. The number of aliphatic hydroxyl groups is 1. The quantitative estimate of drug-likeness (QED) is 0.390. The van der Waals surface area contributed by atoms with Crippen LogP contribution in [0.4, 0.5) is 32.0 Å². The van der Waals surface area contributed by atoms with Gasteiger partial charge in [-0.1, -0.05) is 12.1 Å². The molecule has 0 aliphatic carbocycles. The molecule has 1 aliphatic rings. The van der Waals surface area contributed by atoms with Crippen LogP contribution in [0, 0.1) is 0 Å². The molecule has 0 unspecified atom stereocenters. The summed E-state index contributed by atoms with van der Waals surface area (Å²) in [5.74, 6) is -0.873. The topological polar surface area (TPSA) is 101 Å². The third-order valence-electron chi connectivity index (χ3n) is 4.40. The maximum Gasteiger partial charge on any atom is 0.534 e. The lowest BCUT2D eigenvalue weighted by Crippen LogP contribution is -2.42. The number of anilines is 1. The predicted molar refractivity (Wildman–Crippen MR) is 97.7 cm³/mol. The standard InChI is InChI=1S/C17H13F6NO6S2/c18-16(19,20)11-2-1-3-14(7-11)31(26,27)24-9-12(25)6-10-4-5-13(8-15(10)24)30-32(28,29)17(21,22)23/h1-5,7-8,12,25H,6,9H2/t12-/m1/s1. The molecule has 1 atom stereocenters. The molecular weight excluding hydrogens is 492 g/mol. The summed E-state index contributed by atoms with van der Waals surface area (Å²) >= 11 is 0. The Morgan fingerprint density at radius 2 is 1.62 bits per heavy atom. The van der Waals surface area contributed by atoms with Crippen LogP contribution in [0.15, 0.2) is 47.4 Å². The fourth-order valence-electron chi connectivity index (χ4n) is 2.97. The van der Waals surface area contributed by atoms with Crippen molar-refractivity contribution in [2.24, 2.45) is 0 Å². The van der Waals surface area contributed by atoms with E-state index in [4.69, 9.17) is 0 Å². The summed E-state index contributed by atoms with van der Waals surface area (Å²) in [6.45, 7) is -0.638. The third-order valence-corrected chi connectivity index (χ3v) is 7.15. The molecular formula is C17H13F6NO6S2. The van der Waals surface area contributed by atoms with Crippen LogP contribution in [0.5, 0.6) is 5.75 Å². The monoisotopic (exact) mass is 505 g/mol. The molecule has 176 valence electrons. The number of rotatable bonds is 4. The first-order valence-electron chi connectivity index (χ1n) is 8.54. The molecule has 1 N–H and O–H groups in total. The number of hydrogen-bond donors (Lipinski definition) is 1. The number of halogens is 6. The number of alkyl halides is 6. The highest BCUT2D eigenvalue weighted by Gasteiger charge is 2.48. The first kappa shape index (κ1) is 24.1. The average Bonchev–Trinajstić information content (AvgIpc) is 2.66. The van der Waals surface area contributed by atoms with Crippen molar-refractivity contribution >= 4 is 25.8 Å². The van der Waals surface area contributed by atoms with Crippen LogP contribution in [-0.4, -0.2) is 40.1 Å². The van der Waals surface area contributed by atoms with Gasteiger partial charge in [-0.15, -0.1) is 0 Å². The van der Waals surface area contributed by atoms with Gasteiger partial charge in [0.2, 0.25) is 0 Å². The van der Waals surface area contributed by atoms with Gasteiger partial charge in [-0.05, 0) is 29.8 Å². The maximum atomic E-state index is 13.0. The minimum absolute atomic E-state index is 0.0936. The van der Waals surface area contributed by atoms with Crippen LogP contribution < -0.4 is 8.49 Å². The summed E-state index contributed by atoms with van der Waals surface area (Å²) in [4.78, 5) is -0.790. The smallest absolute Gasteiger partial charge is 0.391 e. The normalized spacial score (nSPS) is 17.7. The Bertz CT molecular complexity index is 1240. The number of hydrogen-bond acceptors (Lipinski definition) is 6. The van der Waals surface area contributed by atoms with Crippen molar-refractivity contribution in [3.8, 4) is 5.75 Å². The highest BCUT2D eigenvalue weighted by molar-refractivity contribution is 7.92. The van der Waals surface area contributed by atoms with Gasteiger partial charge in [-0.2, -0.15) is 34.8 Å². The zero-order valence-electron chi connectivity index (χ0n) is 15.6. The minimum atomic E-state index is -6.06. The van der Waals surface area contributed by atoms with Crippen LogP contribution in [0.1, 0.15) is 11.1 Å². The number of nitrogens with zero attached hydrogens (tertiary/aromatic N) is 1. The summed E-state index contributed by atoms with van der Waals surface area (Å²) in [5.41, 5.74) is -7.26. The summed E-state index contributed by atoms with van der Waals surface area (Å²) < 4.78 is 130.